The van der Waals surface area contributed by atoms with Gasteiger partial charge in [-0.25, -0.2) is 13.4 Å². The number of aromatic nitrogens is 3. The predicted octanol–water partition coefficient (Wildman–Crippen LogP) is 2.09. The van der Waals surface area contributed by atoms with Gasteiger partial charge >= 0.3 is 0 Å². The highest BCUT2D eigenvalue weighted by molar-refractivity contribution is 7.80. The summed E-state index contributed by atoms with van der Waals surface area (Å²) in [6, 6.07) is 3.39. The van der Waals surface area contributed by atoms with Crippen molar-refractivity contribution in [1.29, 1.82) is 0 Å². The van der Waals surface area contributed by atoms with E-state index >= 15 is 0 Å². The second-order valence-electron chi connectivity index (χ2n) is 4.41. The molecule has 0 fully saturated rings. The third kappa shape index (κ3) is 2.01. The van der Waals surface area contributed by atoms with Gasteiger partial charge in [-0.3, -0.25) is 0 Å². The number of nitrogens with one attached hydrogen (secondary N) is 1. The zero-order valence-electron chi connectivity index (χ0n) is 10.7. The average Bonchev–Trinajstić information content (AvgIpc) is 2.90. The number of aryl methyl sites for hydroxylation is 2. The van der Waals surface area contributed by atoms with E-state index in [9.17, 15) is 8.42 Å². The third-order valence-corrected chi connectivity index (χ3v) is 4.02. The summed E-state index contributed by atoms with van der Waals surface area (Å²) in [7, 11) is -2.76. The maximum Gasteiger partial charge on any atom is 0.170 e. The van der Waals surface area contributed by atoms with E-state index in [1.807, 2.05) is 13.0 Å². The first-order chi connectivity index (χ1) is 9.47. The molecule has 1 N–H and O–H groups in total. The molecule has 0 bridgehead atoms. The van der Waals surface area contributed by atoms with Crippen molar-refractivity contribution in [1.82, 2.24) is 15.1 Å². The highest BCUT2D eigenvalue weighted by Crippen LogP contribution is 2.31. The molecule has 3 rings (SSSR count). The molecular formula is C12H11N3O3S2. The van der Waals surface area contributed by atoms with Gasteiger partial charge in [-0.15, -0.1) is 12.6 Å². The maximum atomic E-state index is 11.4. The van der Waals surface area contributed by atoms with Crippen LogP contribution in [-0.4, -0.2) is 23.5 Å². The van der Waals surface area contributed by atoms with Gasteiger partial charge in [0.1, 0.15) is 11.3 Å². The van der Waals surface area contributed by atoms with Crippen LogP contribution >= 0.6 is 12.6 Å². The number of nitrogens with zero attached hydrogens (tertiary/aromatic N) is 2. The minimum Gasteiger partial charge on any atom is -0.361 e. The van der Waals surface area contributed by atoms with Crippen LogP contribution in [-0.2, 0) is 10.7 Å². The summed E-state index contributed by atoms with van der Waals surface area (Å²) in [5, 5.41) is 4.25. The molecule has 0 unspecified atom stereocenters. The molecule has 8 heteroatoms. The lowest BCUT2D eigenvalue weighted by Crippen LogP contribution is -1.88. The van der Waals surface area contributed by atoms with Crippen molar-refractivity contribution in [2.24, 2.45) is 0 Å². The summed E-state index contributed by atoms with van der Waals surface area (Å²) in [6.07, 6.45) is 0. The monoisotopic (exact) mass is 309 g/mol. The Labute approximate surface area is 121 Å². The molecule has 0 atom stereocenters. The van der Waals surface area contributed by atoms with Crippen LogP contribution in [0.25, 0.3) is 22.2 Å². The minimum absolute atomic E-state index is 0.157. The van der Waals surface area contributed by atoms with E-state index in [2.05, 4.69) is 27.8 Å². The van der Waals surface area contributed by atoms with Gasteiger partial charge in [0, 0.05) is 5.56 Å². The Hall–Kier alpha value is -1.80. The van der Waals surface area contributed by atoms with Crippen LogP contribution in [0.3, 0.4) is 0 Å². The number of fused-ring (bicyclic) bond motifs is 1. The first-order valence-corrected chi connectivity index (χ1v) is 7.40. The summed E-state index contributed by atoms with van der Waals surface area (Å²) < 4.78 is 28.0. The molecule has 2 aromatic heterocycles. The Balaban J connectivity index is 2.38. The Morgan fingerprint density at radius 2 is 2.05 bits per heavy atom. The first kappa shape index (κ1) is 13.2. The summed E-state index contributed by atoms with van der Waals surface area (Å²) in [4.78, 5) is 7.17. The second-order valence-corrected chi connectivity index (χ2v) is 5.83. The molecule has 0 aliphatic carbocycles. The van der Waals surface area contributed by atoms with Gasteiger partial charge < -0.3 is 9.51 Å². The van der Waals surface area contributed by atoms with Crippen molar-refractivity contribution < 1.29 is 12.9 Å². The standard InChI is InChI=1S/C12H11N3O3S2/c1-5-10(6(2)18-15-5)7-3-8-11(14-12(19)13-8)9(4-7)20(16)17/h3-4,20H,1-2H3,(H2,13,14,19). The SMILES string of the molecule is Cc1noc(C)c1-c1cc([SH](=O)=O)c2nc(S)[nH]c2c1. The second kappa shape index (κ2) is 4.64. The topological polar surface area (TPSA) is 88.8 Å². The van der Waals surface area contributed by atoms with Crippen molar-refractivity contribution in [2.75, 3.05) is 0 Å². The molecule has 1 aromatic carbocycles. The molecule has 0 saturated heterocycles. The summed E-state index contributed by atoms with van der Waals surface area (Å²) in [5.74, 6) is 0.638. The zero-order valence-corrected chi connectivity index (χ0v) is 12.5. The fourth-order valence-electron chi connectivity index (χ4n) is 2.26. The maximum absolute atomic E-state index is 11.4. The lowest BCUT2D eigenvalue weighted by molar-refractivity contribution is 0.393. The number of thiol groups is 2. The highest BCUT2D eigenvalue weighted by atomic mass is 32.2. The van der Waals surface area contributed by atoms with E-state index in [0.29, 0.717) is 27.6 Å². The van der Waals surface area contributed by atoms with Gasteiger partial charge in [-0.05, 0) is 31.5 Å². The normalized spacial score (nSPS) is 11.6. The fourth-order valence-corrected chi connectivity index (χ4v) is 3.07. The van der Waals surface area contributed by atoms with Crippen LogP contribution in [0.5, 0.6) is 0 Å². The molecule has 3 aromatic rings. The number of H-pyrrole nitrogens is 1. The largest absolute Gasteiger partial charge is 0.361 e. The van der Waals surface area contributed by atoms with Crippen LogP contribution in [0.1, 0.15) is 11.5 Å². The summed E-state index contributed by atoms with van der Waals surface area (Å²) >= 11 is 4.11. The molecule has 0 amide bonds. The molecule has 0 saturated carbocycles. The highest BCUT2D eigenvalue weighted by Gasteiger charge is 2.16. The minimum atomic E-state index is -2.76. The Morgan fingerprint density at radius 3 is 2.65 bits per heavy atom. The van der Waals surface area contributed by atoms with Crippen molar-refractivity contribution in [3.63, 3.8) is 0 Å². The Morgan fingerprint density at radius 1 is 1.30 bits per heavy atom. The van der Waals surface area contributed by atoms with E-state index in [1.54, 1.807) is 13.0 Å². The van der Waals surface area contributed by atoms with E-state index in [4.69, 9.17) is 4.52 Å². The lowest BCUT2D eigenvalue weighted by Gasteiger charge is -2.02. The first-order valence-electron chi connectivity index (χ1n) is 5.77. The lowest BCUT2D eigenvalue weighted by atomic mass is 10.0. The van der Waals surface area contributed by atoms with Crippen LogP contribution in [0, 0.1) is 13.8 Å². The molecule has 0 aliphatic rings. The van der Waals surface area contributed by atoms with Crippen molar-refractivity contribution in [2.45, 2.75) is 23.9 Å². The summed E-state index contributed by atoms with van der Waals surface area (Å²) in [5.41, 5.74) is 3.23. The van der Waals surface area contributed by atoms with E-state index in [1.165, 1.54) is 0 Å². The molecular weight excluding hydrogens is 298 g/mol. The number of benzene rings is 1. The number of imidazole rings is 1. The van der Waals surface area contributed by atoms with Gasteiger partial charge in [-0.1, -0.05) is 5.16 Å². The van der Waals surface area contributed by atoms with Crippen LogP contribution in [0.2, 0.25) is 0 Å². The molecule has 104 valence electrons. The number of aromatic amines is 1. The van der Waals surface area contributed by atoms with Crippen molar-refractivity contribution >= 4 is 34.4 Å². The molecule has 6 nitrogen and oxygen atoms in total. The van der Waals surface area contributed by atoms with Gasteiger partial charge in [-0.2, -0.15) is 0 Å². The molecule has 0 aliphatic heterocycles. The third-order valence-electron chi connectivity index (χ3n) is 3.07. The number of hydrogen-bond donors (Lipinski definition) is 3. The van der Waals surface area contributed by atoms with Crippen LogP contribution in [0.15, 0.2) is 26.7 Å². The predicted molar refractivity (Wildman–Crippen MR) is 76.9 cm³/mol. The molecule has 20 heavy (non-hydrogen) atoms. The average molecular weight is 309 g/mol. The fraction of sp³-hybridized carbons (Fsp3) is 0.167. The van der Waals surface area contributed by atoms with E-state index < -0.39 is 10.7 Å². The van der Waals surface area contributed by atoms with Crippen LogP contribution < -0.4 is 0 Å². The van der Waals surface area contributed by atoms with Crippen molar-refractivity contribution in [3.8, 4) is 11.1 Å². The summed E-state index contributed by atoms with van der Waals surface area (Å²) in [6.45, 7) is 3.59. The van der Waals surface area contributed by atoms with Gasteiger partial charge in [0.15, 0.2) is 15.9 Å². The van der Waals surface area contributed by atoms with Gasteiger partial charge in [0.05, 0.1) is 16.1 Å². The number of hydrogen-bond acceptors (Lipinski definition) is 6. The molecule has 2 heterocycles. The Kier molecular flexibility index (Phi) is 3.06. The van der Waals surface area contributed by atoms with E-state index in [0.717, 1.165) is 11.1 Å². The smallest absolute Gasteiger partial charge is 0.170 e. The Bertz CT molecular complexity index is 865. The van der Waals surface area contributed by atoms with Gasteiger partial charge in [0.2, 0.25) is 0 Å². The number of rotatable bonds is 2. The molecule has 0 radical (unpaired) electrons. The van der Waals surface area contributed by atoms with Crippen LogP contribution in [0.4, 0.5) is 0 Å². The van der Waals surface area contributed by atoms with Gasteiger partial charge in [0.25, 0.3) is 0 Å². The van der Waals surface area contributed by atoms with E-state index in [-0.39, 0.29) is 4.90 Å². The zero-order chi connectivity index (χ0) is 14.4. The van der Waals surface area contributed by atoms with Crippen molar-refractivity contribution in [3.05, 3.63) is 23.6 Å². The quantitative estimate of drug-likeness (QED) is 0.631. The molecule has 0 spiro atoms.